The van der Waals surface area contributed by atoms with E-state index >= 15 is 8.78 Å². The molecule has 0 aliphatic heterocycles. The topological polar surface area (TPSA) is 88.6 Å². The van der Waals surface area contributed by atoms with Crippen LogP contribution in [0.5, 0.6) is 0 Å². The zero-order valence-corrected chi connectivity index (χ0v) is 20.3. The van der Waals surface area contributed by atoms with Gasteiger partial charge in [-0.05, 0) is 45.9 Å². The lowest BCUT2D eigenvalue weighted by atomic mass is 10.1. The van der Waals surface area contributed by atoms with Gasteiger partial charge in [0, 0.05) is 16.6 Å². The number of benzene rings is 2. The normalized spacial score (nSPS) is 12.8. The summed E-state index contributed by atoms with van der Waals surface area (Å²) < 4.78 is 75.8. The average Bonchev–Trinajstić information content (AvgIpc) is 3.19. The van der Waals surface area contributed by atoms with Gasteiger partial charge < -0.3 is 10.1 Å². The number of ether oxygens (including phenoxy) is 1. The van der Waals surface area contributed by atoms with Gasteiger partial charge in [-0.3, -0.25) is 0 Å². The molecule has 0 radical (unpaired) electrons. The maximum Gasteiger partial charge on any atom is 0.430 e. The van der Waals surface area contributed by atoms with Crippen molar-refractivity contribution in [2.45, 2.75) is 44.2 Å². The molecule has 3 aromatic rings. The first-order valence-electron chi connectivity index (χ1n) is 9.98. The summed E-state index contributed by atoms with van der Waals surface area (Å²) in [5.74, 6) is -3.79. The summed E-state index contributed by atoms with van der Waals surface area (Å²) >= 11 is 0.978. The largest absolute Gasteiger partial charge is 0.443 e. The van der Waals surface area contributed by atoms with Crippen LogP contribution in [0.2, 0.25) is 0 Å². The highest BCUT2D eigenvalue weighted by molar-refractivity contribution is 7.93. The van der Waals surface area contributed by atoms with Gasteiger partial charge in [-0.2, -0.15) is 0 Å². The van der Waals surface area contributed by atoms with Crippen molar-refractivity contribution in [3.8, 4) is 0 Å². The van der Waals surface area contributed by atoms with Crippen LogP contribution in [0.4, 0.5) is 29.5 Å². The van der Waals surface area contributed by atoms with Gasteiger partial charge in [0.25, 0.3) is 10.0 Å². The van der Waals surface area contributed by atoms with E-state index in [0.29, 0.717) is 0 Å². The molecule has 0 saturated heterocycles. The van der Waals surface area contributed by atoms with Crippen LogP contribution in [0.1, 0.15) is 39.3 Å². The zero-order valence-electron chi connectivity index (χ0n) is 18.7. The number of sulfonamides is 1. The molecular formula is C22H22F3N3O4S2. The SMILES string of the molecule is C[C@H](Nc1cc(F)c(S(=O)(=O)N(C(=O)OC(C)(C)C)c2cscn2)c(F)c1)c1ccccc1F. The molecule has 182 valence electrons. The second kappa shape index (κ2) is 9.63. The van der Waals surface area contributed by atoms with Crippen molar-refractivity contribution in [3.63, 3.8) is 0 Å². The summed E-state index contributed by atoms with van der Waals surface area (Å²) in [6.45, 7) is 6.10. The average molecular weight is 514 g/mol. The molecular weight excluding hydrogens is 491 g/mol. The summed E-state index contributed by atoms with van der Waals surface area (Å²) in [7, 11) is -5.10. The lowest BCUT2D eigenvalue weighted by Crippen LogP contribution is -2.41. The number of anilines is 2. The van der Waals surface area contributed by atoms with Crippen LogP contribution < -0.4 is 9.62 Å². The van der Waals surface area contributed by atoms with Crippen molar-refractivity contribution in [2.24, 2.45) is 0 Å². The highest BCUT2D eigenvalue weighted by Crippen LogP contribution is 2.32. The molecule has 2 aromatic carbocycles. The number of halogens is 3. The fourth-order valence-corrected chi connectivity index (χ4v) is 5.02. The minimum Gasteiger partial charge on any atom is -0.443 e. The summed E-state index contributed by atoms with van der Waals surface area (Å²) in [6, 6.07) is 6.68. The monoisotopic (exact) mass is 513 g/mol. The first-order valence-corrected chi connectivity index (χ1v) is 12.4. The highest BCUT2D eigenvalue weighted by Gasteiger charge is 2.39. The minimum atomic E-state index is -5.10. The Labute approximate surface area is 199 Å². The van der Waals surface area contributed by atoms with Gasteiger partial charge in [-0.1, -0.05) is 18.2 Å². The van der Waals surface area contributed by atoms with Gasteiger partial charge in [0.05, 0.1) is 11.6 Å². The lowest BCUT2D eigenvalue weighted by molar-refractivity contribution is 0.0608. The van der Waals surface area contributed by atoms with Crippen LogP contribution in [0.15, 0.2) is 52.2 Å². The Kier molecular flexibility index (Phi) is 7.22. The Morgan fingerprint density at radius 2 is 1.74 bits per heavy atom. The van der Waals surface area contributed by atoms with Gasteiger partial charge >= 0.3 is 6.09 Å². The fourth-order valence-electron chi connectivity index (χ4n) is 3.06. The number of thiazole rings is 1. The maximum atomic E-state index is 15.0. The van der Waals surface area contributed by atoms with Crippen molar-refractivity contribution in [3.05, 3.63) is 70.3 Å². The van der Waals surface area contributed by atoms with Crippen molar-refractivity contribution in [1.29, 1.82) is 0 Å². The standard InChI is InChI=1S/C22H22F3N3O4S2/c1-13(15-7-5-6-8-16(15)23)27-14-9-17(24)20(18(25)10-14)34(30,31)28(19-11-33-12-26-19)21(29)32-22(2,3)4/h5-13,27H,1-4H3/t13-/m0/s1. The molecule has 1 heterocycles. The molecule has 0 aliphatic rings. The number of aromatic nitrogens is 1. The van der Waals surface area contributed by atoms with Crippen molar-refractivity contribution in [1.82, 2.24) is 4.98 Å². The summed E-state index contributed by atoms with van der Waals surface area (Å²) in [4.78, 5) is 15.1. The highest BCUT2D eigenvalue weighted by atomic mass is 32.2. The van der Waals surface area contributed by atoms with E-state index in [1.807, 2.05) is 0 Å². The molecule has 34 heavy (non-hydrogen) atoms. The Hall–Kier alpha value is -3.12. The second-order valence-corrected chi connectivity index (χ2v) is 10.7. The number of hydrogen-bond acceptors (Lipinski definition) is 7. The van der Waals surface area contributed by atoms with Gasteiger partial charge in [0.1, 0.15) is 23.1 Å². The molecule has 0 aliphatic carbocycles. The molecule has 1 atom stereocenters. The van der Waals surface area contributed by atoms with Crippen LogP contribution in [0.25, 0.3) is 0 Å². The Bertz CT molecular complexity index is 1270. The number of carbonyl (C=O) groups excluding carboxylic acids is 1. The second-order valence-electron chi connectivity index (χ2n) is 8.25. The van der Waals surface area contributed by atoms with E-state index in [4.69, 9.17) is 4.74 Å². The third kappa shape index (κ3) is 5.50. The van der Waals surface area contributed by atoms with E-state index in [9.17, 15) is 17.6 Å². The molecule has 0 bridgehead atoms. The number of nitrogens with one attached hydrogen (secondary N) is 1. The van der Waals surface area contributed by atoms with Crippen molar-refractivity contribution >= 4 is 39.0 Å². The molecule has 12 heteroatoms. The third-order valence-corrected chi connectivity index (χ3v) is 6.73. The van der Waals surface area contributed by atoms with E-state index < -0.39 is 50.1 Å². The van der Waals surface area contributed by atoms with Crippen LogP contribution in [0.3, 0.4) is 0 Å². The quantitative estimate of drug-likeness (QED) is 0.444. The van der Waals surface area contributed by atoms with E-state index in [1.54, 1.807) is 13.0 Å². The van der Waals surface area contributed by atoms with E-state index in [2.05, 4.69) is 10.3 Å². The molecule has 0 saturated carbocycles. The van der Waals surface area contributed by atoms with Crippen LogP contribution >= 0.6 is 11.3 Å². The van der Waals surface area contributed by atoms with Crippen molar-refractivity contribution in [2.75, 3.05) is 9.62 Å². The van der Waals surface area contributed by atoms with Gasteiger partial charge in [0.15, 0.2) is 10.7 Å². The third-order valence-electron chi connectivity index (χ3n) is 4.44. The minimum absolute atomic E-state index is 0.116. The van der Waals surface area contributed by atoms with Gasteiger partial charge in [-0.15, -0.1) is 15.6 Å². The van der Waals surface area contributed by atoms with E-state index in [-0.39, 0.29) is 21.4 Å². The number of hydrogen-bond donors (Lipinski definition) is 1. The number of amides is 1. The lowest BCUT2D eigenvalue weighted by Gasteiger charge is -2.26. The molecule has 0 spiro atoms. The Morgan fingerprint density at radius 1 is 1.12 bits per heavy atom. The Balaban J connectivity index is 2.00. The summed E-state index contributed by atoms with van der Waals surface area (Å²) in [5, 5.41) is 3.96. The first-order chi connectivity index (χ1) is 15.8. The molecule has 1 N–H and O–H groups in total. The van der Waals surface area contributed by atoms with E-state index in [0.717, 1.165) is 23.5 Å². The summed E-state index contributed by atoms with van der Waals surface area (Å²) in [6.07, 6.45) is -1.37. The van der Waals surface area contributed by atoms with Gasteiger partial charge in [-0.25, -0.2) is 31.4 Å². The number of carbonyl (C=O) groups is 1. The Morgan fingerprint density at radius 3 is 2.26 bits per heavy atom. The van der Waals surface area contributed by atoms with Crippen molar-refractivity contribution < 1.29 is 31.1 Å². The number of nitrogens with zero attached hydrogens (tertiary/aromatic N) is 2. The zero-order chi connectivity index (χ0) is 25.3. The fraction of sp³-hybridized carbons (Fsp3) is 0.273. The van der Waals surface area contributed by atoms with Crippen LogP contribution in [-0.2, 0) is 14.8 Å². The maximum absolute atomic E-state index is 15.0. The molecule has 0 unspecified atom stereocenters. The first kappa shape index (κ1) is 25.5. The number of rotatable bonds is 6. The predicted molar refractivity (Wildman–Crippen MR) is 123 cm³/mol. The molecule has 0 fully saturated rings. The molecule has 7 nitrogen and oxygen atoms in total. The smallest absolute Gasteiger partial charge is 0.430 e. The molecule has 1 amide bonds. The molecule has 1 aromatic heterocycles. The summed E-state index contributed by atoms with van der Waals surface area (Å²) in [5.41, 5.74) is 0.294. The van der Waals surface area contributed by atoms with Gasteiger partial charge in [0.2, 0.25) is 0 Å². The van der Waals surface area contributed by atoms with Crippen LogP contribution in [0, 0.1) is 17.5 Å². The molecule has 3 rings (SSSR count). The van der Waals surface area contributed by atoms with Crippen LogP contribution in [-0.4, -0.2) is 25.1 Å². The van der Waals surface area contributed by atoms with E-state index in [1.165, 1.54) is 49.9 Å². The predicted octanol–water partition coefficient (Wildman–Crippen LogP) is 5.86.